The molecule has 0 aromatic carbocycles. The SMILES string of the molecule is CC(=O)OCC1OC(N=[N+]=N)C(OC(C)=O)C(OC(C)=O)C1OC1OC(COC(C)=O)C(OC(C)=O)C(OC(C)=O)C1OC(C)=O. The van der Waals surface area contributed by atoms with Crippen molar-refractivity contribution in [3.63, 3.8) is 0 Å². The molecule has 256 valence electrons. The van der Waals surface area contributed by atoms with Gasteiger partial charge in [-0.2, -0.15) is 0 Å². The molecule has 1 N–H and O–H groups in total. The van der Waals surface area contributed by atoms with Crippen molar-refractivity contribution in [3.8, 4) is 0 Å². The van der Waals surface area contributed by atoms with Crippen molar-refractivity contribution < 1.29 is 80.9 Å². The Morgan fingerprint density at radius 1 is 0.543 bits per heavy atom. The summed E-state index contributed by atoms with van der Waals surface area (Å²) in [6, 6.07) is 0. The van der Waals surface area contributed by atoms with Crippen molar-refractivity contribution in [1.29, 1.82) is 5.53 Å². The zero-order chi connectivity index (χ0) is 34.7. The Morgan fingerprint density at radius 3 is 1.37 bits per heavy atom. The van der Waals surface area contributed by atoms with Gasteiger partial charge >= 0.3 is 41.8 Å². The molecule has 2 aliphatic heterocycles. The third-order valence-corrected chi connectivity index (χ3v) is 6.08. The molecule has 0 amide bonds. The number of hydrogen-bond acceptors (Lipinski definition) is 19. The predicted octanol–water partition coefficient (Wildman–Crippen LogP) is -0.844. The summed E-state index contributed by atoms with van der Waals surface area (Å²) in [5, 5.41) is 3.57. The number of hydrogen-bond donors (Lipinski definition) is 1. The first kappa shape index (κ1) is 37.7. The van der Waals surface area contributed by atoms with E-state index < -0.39 is 116 Å². The average Bonchev–Trinajstić information content (AvgIpc) is 2.91. The van der Waals surface area contributed by atoms with Gasteiger partial charge in [0.15, 0.2) is 41.9 Å². The summed E-state index contributed by atoms with van der Waals surface area (Å²) in [4.78, 5) is 87.0. The Morgan fingerprint density at radius 2 is 0.935 bits per heavy atom. The monoisotopic (exact) mass is 662 g/mol. The van der Waals surface area contributed by atoms with E-state index in [1.54, 1.807) is 0 Å². The number of carbonyl (C=O) groups is 7. The first-order valence-electron chi connectivity index (χ1n) is 13.7. The van der Waals surface area contributed by atoms with E-state index in [1.165, 1.54) is 0 Å². The molecule has 2 heterocycles. The standard InChI is InChI=1S/C26H36N3O17/c1-10(30)37-8-17-20(21(40-13(4)33)23(42-15(6)35)25(44-17)28-29-27)46-26-24(43-16(7)36)22(41-14(5)34)19(39-12(3)32)18(45-26)9-38-11(2)31/h17-27H,8-9H2,1-7H3/q+1. The molecular formula is C26H36N3O17+. The molecule has 46 heavy (non-hydrogen) atoms. The van der Waals surface area contributed by atoms with Crippen LogP contribution in [-0.4, -0.2) is 116 Å². The fourth-order valence-electron chi connectivity index (χ4n) is 4.64. The lowest BCUT2D eigenvalue weighted by Gasteiger charge is -2.47. The fraction of sp³-hybridized carbons (Fsp3) is 0.731. The summed E-state index contributed by atoms with van der Waals surface area (Å²) in [5.74, 6) is -6.02. The van der Waals surface area contributed by atoms with Crippen molar-refractivity contribution in [2.24, 2.45) is 5.11 Å². The molecule has 2 saturated heterocycles. The van der Waals surface area contributed by atoms with Gasteiger partial charge in [0.2, 0.25) is 4.91 Å². The lowest BCUT2D eigenvalue weighted by molar-refractivity contribution is -0.344. The highest BCUT2D eigenvalue weighted by Gasteiger charge is 2.58. The number of nitrogens with one attached hydrogen (secondary N) is 1. The highest BCUT2D eigenvalue weighted by Crippen LogP contribution is 2.35. The van der Waals surface area contributed by atoms with E-state index in [2.05, 4.69) is 10.0 Å². The quantitative estimate of drug-likeness (QED) is 0.115. The van der Waals surface area contributed by atoms with E-state index in [-0.39, 0.29) is 0 Å². The molecule has 20 heteroatoms. The van der Waals surface area contributed by atoms with Gasteiger partial charge in [-0.05, 0) is 0 Å². The van der Waals surface area contributed by atoms with Gasteiger partial charge in [0.25, 0.3) is 6.23 Å². The minimum Gasteiger partial charge on any atom is -0.463 e. The molecule has 2 rings (SSSR count). The molecule has 2 aliphatic rings. The molecule has 0 aromatic heterocycles. The smallest absolute Gasteiger partial charge is 0.303 e. The molecule has 0 aliphatic carbocycles. The van der Waals surface area contributed by atoms with Crippen LogP contribution in [0.4, 0.5) is 0 Å². The molecule has 20 nitrogen and oxygen atoms in total. The summed E-state index contributed by atoms with van der Waals surface area (Å²) >= 11 is 0. The predicted molar refractivity (Wildman–Crippen MR) is 141 cm³/mol. The Balaban J connectivity index is 2.73. The molecule has 2 fully saturated rings. The zero-order valence-corrected chi connectivity index (χ0v) is 26.0. The van der Waals surface area contributed by atoms with E-state index in [9.17, 15) is 33.6 Å². The van der Waals surface area contributed by atoms with Gasteiger partial charge in [-0.3, -0.25) is 33.6 Å². The molecule has 0 saturated carbocycles. The van der Waals surface area contributed by atoms with Crippen LogP contribution in [0, 0.1) is 5.53 Å². The molecule has 0 spiro atoms. The Labute approximate surface area is 261 Å². The number of carbonyl (C=O) groups excluding carboxylic acids is 7. The van der Waals surface area contributed by atoms with Gasteiger partial charge in [-0.25, -0.2) is 0 Å². The normalized spacial score (nSPS) is 30.3. The van der Waals surface area contributed by atoms with Gasteiger partial charge < -0.3 is 47.4 Å². The third kappa shape index (κ3) is 11.1. The first-order valence-corrected chi connectivity index (χ1v) is 13.7. The highest BCUT2D eigenvalue weighted by molar-refractivity contribution is 5.69. The largest absolute Gasteiger partial charge is 0.463 e. The molecule has 0 bridgehead atoms. The maximum absolute atomic E-state index is 12.3. The van der Waals surface area contributed by atoms with Crippen LogP contribution >= 0.6 is 0 Å². The summed E-state index contributed by atoms with van der Waals surface area (Å²) in [7, 11) is 0. The molecule has 0 aromatic rings. The van der Waals surface area contributed by atoms with Gasteiger partial charge in [-0.15, -0.1) is 0 Å². The second kappa shape index (κ2) is 17.2. The summed E-state index contributed by atoms with van der Waals surface area (Å²) in [5.41, 5.74) is 7.17. The van der Waals surface area contributed by atoms with Crippen LogP contribution in [0.3, 0.4) is 0 Å². The van der Waals surface area contributed by atoms with Crippen molar-refractivity contribution in [2.75, 3.05) is 13.2 Å². The van der Waals surface area contributed by atoms with Crippen molar-refractivity contribution in [1.82, 2.24) is 4.91 Å². The molecular weight excluding hydrogens is 626 g/mol. The van der Waals surface area contributed by atoms with Crippen LogP contribution in [0.15, 0.2) is 5.11 Å². The van der Waals surface area contributed by atoms with Crippen molar-refractivity contribution in [2.45, 2.75) is 110 Å². The van der Waals surface area contributed by atoms with Gasteiger partial charge in [-0.1, -0.05) is 0 Å². The van der Waals surface area contributed by atoms with Gasteiger partial charge in [0.05, 0.1) is 0 Å². The van der Waals surface area contributed by atoms with E-state index in [0.717, 1.165) is 48.5 Å². The fourth-order valence-corrected chi connectivity index (χ4v) is 4.64. The topological polar surface area (TPSA) is 262 Å². The third-order valence-electron chi connectivity index (χ3n) is 6.08. The lowest BCUT2D eigenvalue weighted by Crippen LogP contribution is -2.67. The van der Waals surface area contributed by atoms with Gasteiger partial charge in [0.1, 0.15) is 37.1 Å². The maximum atomic E-state index is 12.3. The molecule has 10 atom stereocenters. The second-order valence-corrected chi connectivity index (χ2v) is 9.90. The van der Waals surface area contributed by atoms with Crippen molar-refractivity contribution >= 4 is 41.8 Å². The Bertz CT molecular complexity index is 1220. The number of ether oxygens (including phenoxy) is 10. The highest BCUT2D eigenvalue weighted by atomic mass is 16.8. The Kier molecular flexibility index (Phi) is 14.1. The van der Waals surface area contributed by atoms with Crippen LogP contribution in [0.2, 0.25) is 0 Å². The number of rotatable bonds is 12. The van der Waals surface area contributed by atoms with E-state index in [0.29, 0.717) is 0 Å². The van der Waals surface area contributed by atoms with E-state index in [4.69, 9.17) is 52.9 Å². The maximum Gasteiger partial charge on any atom is 0.303 e. The zero-order valence-electron chi connectivity index (χ0n) is 26.0. The van der Waals surface area contributed by atoms with Crippen LogP contribution in [0.5, 0.6) is 0 Å². The first-order chi connectivity index (χ1) is 21.5. The second-order valence-electron chi connectivity index (χ2n) is 9.90. The van der Waals surface area contributed by atoms with Crippen LogP contribution < -0.4 is 4.91 Å². The minimum atomic E-state index is -1.81. The van der Waals surface area contributed by atoms with E-state index in [1.807, 2.05) is 0 Å². The summed E-state index contributed by atoms with van der Waals surface area (Å²) < 4.78 is 55.0. The van der Waals surface area contributed by atoms with E-state index >= 15 is 0 Å². The van der Waals surface area contributed by atoms with Crippen LogP contribution in [-0.2, 0) is 80.9 Å². The number of nitrogens with zero attached hydrogens (tertiary/aromatic N) is 2. The van der Waals surface area contributed by atoms with Crippen LogP contribution in [0.25, 0.3) is 0 Å². The minimum absolute atomic E-state index is 0.578. The van der Waals surface area contributed by atoms with Gasteiger partial charge in [0, 0.05) is 48.5 Å². The van der Waals surface area contributed by atoms with Crippen LogP contribution in [0.1, 0.15) is 48.5 Å². The Hall–Kier alpha value is -4.52. The lowest BCUT2D eigenvalue weighted by atomic mass is 9.95. The molecule has 10 unspecified atom stereocenters. The summed E-state index contributed by atoms with van der Waals surface area (Å²) in [6.45, 7) is 6.14. The number of esters is 7. The molecule has 0 radical (unpaired) electrons. The summed E-state index contributed by atoms with van der Waals surface area (Å²) in [6.07, 6.45) is -15.9. The average molecular weight is 663 g/mol. The van der Waals surface area contributed by atoms with Crippen molar-refractivity contribution in [3.05, 3.63) is 0 Å².